The van der Waals surface area contributed by atoms with Gasteiger partial charge >= 0.3 is 6.03 Å². The Morgan fingerprint density at radius 1 is 1.08 bits per heavy atom. The van der Waals surface area contributed by atoms with Crippen molar-refractivity contribution >= 4 is 23.7 Å². The Balaban J connectivity index is 1.34. The molecule has 0 bridgehead atoms. The quantitative estimate of drug-likeness (QED) is 0.248. The largest absolute Gasteiger partial charge is 0.497 e. The Morgan fingerprint density at radius 3 is 2.46 bits per heavy atom. The van der Waals surface area contributed by atoms with Crippen molar-refractivity contribution in [1.82, 2.24) is 25.3 Å². The number of likely N-dealkylation sites (N-methyl/N-ethyl adjacent to an activating group) is 1. The average molecular weight is 501 g/mol. The predicted molar refractivity (Wildman–Crippen MR) is 136 cm³/mol. The Bertz CT molecular complexity index is 1340. The minimum atomic E-state index is -1.58. The van der Waals surface area contributed by atoms with E-state index in [9.17, 15) is 14.4 Å². The van der Waals surface area contributed by atoms with Gasteiger partial charge < -0.3 is 24.8 Å². The molecule has 2 aromatic carbocycles. The first-order chi connectivity index (χ1) is 17.8. The summed E-state index contributed by atoms with van der Waals surface area (Å²) in [6, 6.07) is 11.9. The summed E-state index contributed by atoms with van der Waals surface area (Å²) in [5.41, 5.74) is 1.16. The molecule has 0 aromatic heterocycles. The molecule has 190 valence electrons. The lowest BCUT2D eigenvalue weighted by Crippen LogP contribution is -2.54. The summed E-state index contributed by atoms with van der Waals surface area (Å²) in [5.74, 6) is 6.09. The van der Waals surface area contributed by atoms with Crippen LogP contribution < -0.4 is 15.4 Å². The fraction of sp³-hybridized carbons (Fsp3) is 0.333. The summed E-state index contributed by atoms with van der Waals surface area (Å²) < 4.78 is 5.22. The molecule has 0 aliphatic carbocycles. The molecule has 0 unspecified atom stereocenters. The molecule has 2 fully saturated rings. The third-order valence-electron chi connectivity index (χ3n) is 6.96. The van der Waals surface area contributed by atoms with Gasteiger partial charge in [-0.05, 0) is 36.9 Å². The highest BCUT2D eigenvalue weighted by Gasteiger charge is 2.48. The number of carbonyl (C=O) groups is 3. The molecule has 5 rings (SSSR count). The highest BCUT2D eigenvalue weighted by molar-refractivity contribution is 6.10. The van der Waals surface area contributed by atoms with E-state index >= 15 is 0 Å². The highest BCUT2D eigenvalue weighted by Crippen LogP contribution is 2.28. The molecule has 3 aliphatic rings. The SMILES string of the molecule is COc1ccc2c(c1)C(=O)N(C[C@@]1(C#Cc3ccc(C(=N)N4CCN(C)CC4)cc3)NC(=O)NC1=O)C2. The number of piperazine rings is 1. The maximum atomic E-state index is 13.1. The molecule has 3 aliphatic heterocycles. The van der Waals surface area contributed by atoms with E-state index < -0.39 is 17.5 Å². The number of hydrogen-bond acceptors (Lipinski definition) is 6. The van der Waals surface area contributed by atoms with Crippen LogP contribution in [0.25, 0.3) is 0 Å². The number of hydrogen-bond donors (Lipinski definition) is 3. The first-order valence-corrected chi connectivity index (χ1v) is 12.0. The van der Waals surface area contributed by atoms with Gasteiger partial charge in [-0.15, -0.1) is 0 Å². The number of amidine groups is 1. The van der Waals surface area contributed by atoms with Crippen molar-refractivity contribution in [2.75, 3.05) is 46.9 Å². The second-order valence-electron chi connectivity index (χ2n) is 9.46. The second-order valence-corrected chi connectivity index (χ2v) is 9.46. The van der Waals surface area contributed by atoms with Crippen LogP contribution in [0, 0.1) is 17.3 Å². The number of ether oxygens (including phenoxy) is 1. The standard InChI is InChI=1S/C27H28N6O4/c1-31-11-13-32(14-12-31)23(28)19-5-3-18(4-6-19)9-10-27(25(35)29-26(36)30-27)17-33-16-20-7-8-21(37-2)15-22(20)24(33)34/h3-8,15,28H,11-14,16-17H2,1-2H3,(H2,29,30,35,36)/t27-/m1/s1. The Labute approximate surface area is 215 Å². The van der Waals surface area contributed by atoms with Gasteiger partial charge in [-0.1, -0.05) is 30.0 Å². The number of imide groups is 1. The fourth-order valence-corrected chi connectivity index (χ4v) is 4.71. The van der Waals surface area contributed by atoms with Crippen LogP contribution in [0.4, 0.5) is 4.79 Å². The highest BCUT2D eigenvalue weighted by atomic mass is 16.5. The van der Waals surface area contributed by atoms with Crippen LogP contribution >= 0.6 is 0 Å². The van der Waals surface area contributed by atoms with Crippen molar-refractivity contribution in [3.63, 3.8) is 0 Å². The molecular weight excluding hydrogens is 472 g/mol. The van der Waals surface area contributed by atoms with Crippen molar-refractivity contribution in [1.29, 1.82) is 5.41 Å². The molecule has 3 N–H and O–H groups in total. The number of benzene rings is 2. The van der Waals surface area contributed by atoms with E-state index in [2.05, 4.69) is 39.3 Å². The Kier molecular flexibility index (Phi) is 6.31. The number of methoxy groups -OCH3 is 1. The van der Waals surface area contributed by atoms with Crippen LogP contribution in [0.1, 0.15) is 27.0 Å². The molecule has 10 heteroatoms. The molecular formula is C27H28N6O4. The van der Waals surface area contributed by atoms with Gasteiger partial charge in [-0.3, -0.25) is 20.3 Å². The van der Waals surface area contributed by atoms with Crippen LogP contribution in [0.15, 0.2) is 42.5 Å². The zero-order valence-corrected chi connectivity index (χ0v) is 20.8. The van der Waals surface area contributed by atoms with Crippen molar-refractivity contribution in [3.05, 3.63) is 64.7 Å². The van der Waals surface area contributed by atoms with Crippen molar-refractivity contribution in [2.24, 2.45) is 0 Å². The van der Waals surface area contributed by atoms with Gasteiger partial charge in [0.25, 0.3) is 11.8 Å². The number of carbonyl (C=O) groups excluding carboxylic acids is 3. The minimum Gasteiger partial charge on any atom is -0.497 e. The van der Waals surface area contributed by atoms with Crippen LogP contribution in [0.5, 0.6) is 5.75 Å². The monoisotopic (exact) mass is 500 g/mol. The number of amides is 4. The van der Waals surface area contributed by atoms with Crippen LogP contribution in [-0.2, 0) is 11.3 Å². The molecule has 37 heavy (non-hydrogen) atoms. The summed E-state index contributed by atoms with van der Waals surface area (Å²) in [7, 11) is 3.60. The van der Waals surface area contributed by atoms with Gasteiger partial charge in [0, 0.05) is 49.4 Å². The van der Waals surface area contributed by atoms with Crippen molar-refractivity contribution < 1.29 is 19.1 Å². The first-order valence-electron chi connectivity index (χ1n) is 12.0. The van der Waals surface area contributed by atoms with E-state index in [1.807, 2.05) is 18.2 Å². The number of nitrogens with zero attached hydrogens (tertiary/aromatic N) is 3. The molecule has 4 amide bonds. The molecule has 2 saturated heterocycles. The van der Waals surface area contributed by atoms with Crippen LogP contribution in [0.2, 0.25) is 0 Å². The lowest BCUT2D eigenvalue weighted by atomic mass is 9.99. The van der Waals surface area contributed by atoms with E-state index in [1.54, 1.807) is 24.3 Å². The third-order valence-corrected chi connectivity index (χ3v) is 6.96. The van der Waals surface area contributed by atoms with E-state index in [4.69, 9.17) is 10.1 Å². The smallest absolute Gasteiger partial charge is 0.323 e. The predicted octanol–water partition coefficient (Wildman–Crippen LogP) is 0.854. The Hall–Kier alpha value is -4.36. The van der Waals surface area contributed by atoms with Gasteiger partial charge in [0.05, 0.1) is 13.7 Å². The molecule has 0 spiro atoms. The summed E-state index contributed by atoms with van der Waals surface area (Å²) in [4.78, 5) is 43.8. The molecule has 10 nitrogen and oxygen atoms in total. The van der Waals surface area contributed by atoms with E-state index in [0.717, 1.165) is 37.3 Å². The van der Waals surface area contributed by atoms with Crippen LogP contribution in [0.3, 0.4) is 0 Å². The molecule has 1 atom stereocenters. The minimum absolute atomic E-state index is 0.0977. The maximum absolute atomic E-state index is 13.1. The van der Waals surface area contributed by atoms with E-state index in [1.165, 1.54) is 12.0 Å². The topological polar surface area (TPSA) is 118 Å². The third kappa shape index (κ3) is 4.73. The van der Waals surface area contributed by atoms with E-state index in [-0.39, 0.29) is 12.5 Å². The molecule has 3 heterocycles. The molecule has 0 radical (unpaired) electrons. The normalized spacial score (nSPS) is 21.2. The van der Waals surface area contributed by atoms with Gasteiger partial charge in [0.1, 0.15) is 11.6 Å². The number of urea groups is 1. The molecule has 0 saturated carbocycles. The van der Waals surface area contributed by atoms with Gasteiger partial charge in [0.2, 0.25) is 5.54 Å². The fourth-order valence-electron chi connectivity index (χ4n) is 4.71. The summed E-state index contributed by atoms with van der Waals surface area (Å²) in [6.45, 7) is 3.65. The molecule has 2 aromatic rings. The van der Waals surface area contributed by atoms with Crippen molar-refractivity contribution in [2.45, 2.75) is 12.1 Å². The van der Waals surface area contributed by atoms with Gasteiger partial charge in [-0.25, -0.2) is 4.79 Å². The lowest BCUT2D eigenvalue weighted by Gasteiger charge is -2.34. The number of nitrogens with one attached hydrogen (secondary N) is 3. The Morgan fingerprint density at radius 2 is 1.81 bits per heavy atom. The summed E-state index contributed by atoms with van der Waals surface area (Å²) in [6.07, 6.45) is 0. The van der Waals surface area contributed by atoms with Gasteiger partial charge in [0.15, 0.2) is 0 Å². The summed E-state index contributed by atoms with van der Waals surface area (Å²) in [5, 5.41) is 13.4. The number of fused-ring (bicyclic) bond motifs is 1. The second kappa shape index (κ2) is 9.59. The average Bonchev–Trinajstić information content (AvgIpc) is 3.36. The lowest BCUT2D eigenvalue weighted by molar-refractivity contribution is -0.122. The first kappa shape index (κ1) is 24.3. The number of rotatable bonds is 4. The van der Waals surface area contributed by atoms with Crippen LogP contribution in [-0.4, -0.2) is 90.8 Å². The summed E-state index contributed by atoms with van der Waals surface area (Å²) >= 11 is 0. The van der Waals surface area contributed by atoms with Gasteiger partial charge in [-0.2, -0.15) is 0 Å². The van der Waals surface area contributed by atoms with E-state index in [0.29, 0.717) is 29.3 Å². The zero-order chi connectivity index (χ0) is 26.2. The maximum Gasteiger partial charge on any atom is 0.323 e. The zero-order valence-electron chi connectivity index (χ0n) is 20.8. The van der Waals surface area contributed by atoms with Crippen molar-refractivity contribution in [3.8, 4) is 17.6 Å².